The van der Waals surface area contributed by atoms with Crippen molar-refractivity contribution in [2.45, 2.75) is 0 Å². The van der Waals surface area contributed by atoms with Crippen molar-refractivity contribution in [1.29, 1.82) is 0 Å². The third kappa shape index (κ3) is 4.05. The third-order valence-corrected chi connectivity index (χ3v) is 1.27. The Kier molecular flexibility index (Phi) is 6.40. The zero-order valence-corrected chi connectivity index (χ0v) is 8.48. The SMILES string of the molecule is COC.[B]c1cc(C=O)c(OC)cn1. The average molecular weight is 193 g/mol. The Hall–Kier alpha value is -1.36. The highest BCUT2D eigenvalue weighted by molar-refractivity contribution is 6.30. The number of nitrogens with zero attached hydrogens (tertiary/aromatic N) is 1. The van der Waals surface area contributed by atoms with Crippen molar-refractivity contribution in [3.05, 3.63) is 17.8 Å². The van der Waals surface area contributed by atoms with E-state index in [1.165, 1.54) is 19.4 Å². The summed E-state index contributed by atoms with van der Waals surface area (Å²) in [5, 5.41) is 0. The fourth-order valence-electron chi connectivity index (χ4n) is 0.738. The molecule has 2 radical (unpaired) electrons. The van der Waals surface area contributed by atoms with Crippen LogP contribution in [0, 0.1) is 0 Å². The fraction of sp³-hybridized carbons (Fsp3) is 0.333. The van der Waals surface area contributed by atoms with Gasteiger partial charge in [-0.2, -0.15) is 0 Å². The number of carbonyl (C=O) groups is 1. The van der Waals surface area contributed by atoms with Gasteiger partial charge in [0.25, 0.3) is 0 Å². The Balaban J connectivity index is 0.000000500. The van der Waals surface area contributed by atoms with Crippen molar-refractivity contribution in [3.63, 3.8) is 0 Å². The van der Waals surface area contributed by atoms with Crippen molar-refractivity contribution in [1.82, 2.24) is 4.98 Å². The summed E-state index contributed by atoms with van der Waals surface area (Å²) in [6, 6.07) is 1.46. The van der Waals surface area contributed by atoms with E-state index < -0.39 is 0 Å². The number of rotatable bonds is 2. The lowest BCUT2D eigenvalue weighted by Crippen LogP contribution is -2.09. The van der Waals surface area contributed by atoms with Gasteiger partial charge in [-0.3, -0.25) is 9.78 Å². The lowest BCUT2D eigenvalue weighted by atomic mass is 10.0. The minimum atomic E-state index is 0.313. The van der Waals surface area contributed by atoms with Crippen LogP contribution in [0.25, 0.3) is 0 Å². The number of hydrogen-bond acceptors (Lipinski definition) is 4. The summed E-state index contributed by atoms with van der Waals surface area (Å²) >= 11 is 0. The molecule has 0 fully saturated rings. The molecule has 4 nitrogen and oxygen atoms in total. The Morgan fingerprint density at radius 3 is 2.43 bits per heavy atom. The number of aromatic nitrogens is 1. The van der Waals surface area contributed by atoms with Crippen molar-refractivity contribution in [3.8, 4) is 5.75 Å². The molecule has 0 atom stereocenters. The van der Waals surface area contributed by atoms with Crippen LogP contribution in [0.1, 0.15) is 10.4 Å². The molecule has 1 aromatic heterocycles. The van der Waals surface area contributed by atoms with E-state index in [1.54, 1.807) is 14.2 Å². The largest absolute Gasteiger partial charge is 0.494 e. The Morgan fingerprint density at radius 1 is 1.43 bits per heavy atom. The maximum atomic E-state index is 10.4. The van der Waals surface area contributed by atoms with E-state index in [0.717, 1.165) is 0 Å². The summed E-state index contributed by atoms with van der Waals surface area (Å²) < 4.78 is 9.09. The number of pyridine rings is 1. The van der Waals surface area contributed by atoms with Crippen molar-refractivity contribution in [2.75, 3.05) is 21.3 Å². The van der Waals surface area contributed by atoms with E-state index in [-0.39, 0.29) is 0 Å². The van der Waals surface area contributed by atoms with Gasteiger partial charge in [0.05, 0.1) is 18.9 Å². The predicted molar refractivity (Wildman–Crippen MR) is 54.5 cm³/mol. The predicted octanol–water partition coefficient (Wildman–Crippen LogP) is -0.0409. The van der Waals surface area contributed by atoms with Crippen LogP contribution >= 0.6 is 0 Å². The van der Waals surface area contributed by atoms with E-state index in [2.05, 4.69) is 9.72 Å². The Bertz CT molecular complexity index is 291. The van der Waals surface area contributed by atoms with E-state index in [0.29, 0.717) is 23.2 Å². The van der Waals surface area contributed by atoms with E-state index >= 15 is 0 Å². The van der Waals surface area contributed by atoms with Gasteiger partial charge >= 0.3 is 0 Å². The van der Waals surface area contributed by atoms with Gasteiger partial charge in [0.2, 0.25) is 0 Å². The van der Waals surface area contributed by atoms with E-state index in [4.69, 9.17) is 12.6 Å². The molecule has 1 aromatic rings. The lowest BCUT2D eigenvalue weighted by Gasteiger charge is -2.02. The summed E-state index contributed by atoms with van der Waals surface area (Å²) in [6.07, 6.45) is 2.09. The zero-order valence-electron chi connectivity index (χ0n) is 8.48. The van der Waals surface area contributed by atoms with Gasteiger partial charge in [-0.05, 0) is 11.7 Å². The standard InChI is InChI=1S/C7H6BNO2.C2H6O/c1-11-6-3-9-7(8)2-5(6)4-10;1-3-2/h2-4H,1H3;1-2H3. The summed E-state index contributed by atoms with van der Waals surface area (Å²) in [4.78, 5) is 14.1. The molecule has 0 aliphatic heterocycles. The molecule has 1 rings (SSSR count). The van der Waals surface area contributed by atoms with Gasteiger partial charge in [0, 0.05) is 14.2 Å². The van der Waals surface area contributed by atoms with Gasteiger partial charge in [-0.15, -0.1) is 0 Å². The first-order valence-corrected chi connectivity index (χ1v) is 3.84. The van der Waals surface area contributed by atoms with E-state index in [1.807, 2.05) is 0 Å². The Labute approximate surface area is 84.7 Å². The number of hydrogen-bond donors (Lipinski definition) is 0. The lowest BCUT2D eigenvalue weighted by molar-refractivity contribution is 0.112. The van der Waals surface area contributed by atoms with Gasteiger partial charge in [0.15, 0.2) is 6.29 Å². The molecule has 0 bridgehead atoms. The minimum Gasteiger partial charge on any atom is -0.494 e. The normalized spacial score (nSPS) is 8.50. The second kappa shape index (κ2) is 7.09. The summed E-state index contributed by atoms with van der Waals surface area (Å²) in [6.45, 7) is 0. The van der Waals surface area contributed by atoms with Gasteiger partial charge < -0.3 is 9.47 Å². The first kappa shape index (κ1) is 12.6. The summed E-state index contributed by atoms with van der Waals surface area (Å²) in [7, 11) is 10.1. The topological polar surface area (TPSA) is 48.4 Å². The van der Waals surface area contributed by atoms with Crippen molar-refractivity contribution < 1.29 is 14.3 Å². The van der Waals surface area contributed by atoms with Gasteiger partial charge in [-0.1, -0.05) is 0 Å². The molecule has 0 amide bonds. The average Bonchev–Trinajstić information content (AvgIpc) is 2.19. The van der Waals surface area contributed by atoms with E-state index in [9.17, 15) is 4.79 Å². The van der Waals surface area contributed by atoms with Crippen LogP contribution in [-0.2, 0) is 4.74 Å². The number of aldehydes is 1. The number of ether oxygens (including phenoxy) is 2. The van der Waals surface area contributed by atoms with Crippen LogP contribution in [0.5, 0.6) is 5.75 Å². The molecule has 0 unspecified atom stereocenters. The molecule has 0 N–H and O–H groups in total. The molecule has 0 spiro atoms. The minimum absolute atomic E-state index is 0.313. The van der Waals surface area contributed by atoms with Crippen LogP contribution in [0.2, 0.25) is 0 Å². The highest BCUT2D eigenvalue weighted by Crippen LogP contribution is 2.10. The van der Waals surface area contributed by atoms with Crippen LogP contribution in [0.4, 0.5) is 0 Å². The van der Waals surface area contributed by atoms with Crippen LogP contribution in [0.3, 0.4) is 0 Å². The molecular weight excluding hydrogens is 181 g/mol. The monoisotopic (exact) mass is 193 g/mol. The maximum Gasteiger partial charge on any atom is 0.153 e. The smallest absolute Gasteiger partial charge is 0.153 e. The van der Waals surface area contributed by atoms with Crippen LogP contribution in [0.15, 0.2) is 12.3 Å². The second-order valence-corrected chi connectivity index (χ2v) is 2.38. The third-order valence-electron chi connectivity index (χ3n) is 1.27. The molecule has 0 aliphatic carbocycles. The molecule has 14 heavy (non-hydrogen) atoms. The van der Waals surface area contributed by atoms with Gasteiger partial charge in [0.1, 0.15) is 13.6 Å². The summed E-state index contributed by atoms with van der Waals surface area (Å²) in [5.74, 6) is 0.439. The number of carbonyl (C=O) groups excluding carboxylic acids is 1. The molecule has 1 heterocycles. The molecule has 0 saturated carbocycles. The number of methoxy groups -OCH3 is 2. The summed E-state index contributed by atoms with van der Waals surface area (Å²) in [5.41, 5.74) is 0.730. The highest BCUT2D eigenvalue weighted by atomic mass is 16.5. The molecule has 0 saturated heterocycles. The first-order chi connectivity index (χ1) is 6.69. The molecule has 74 valence electrons. The van der Waals surface area contributed by atoms with Crippen molar-refractivity contribution >= 4 is 19.7 Å². The highest BCUT2D eigenvalue weighted by Gasteiger charge is 2.00. The fourth-order valence-corrected chi connectivity index (χ4v) is 0.738. The van der Waals surface area contributed by atoms with Crippen molar-refractivity contribution in [2.24, 2.45) is 0 Å². The first-order valence-electron chi connectivity index (χ1n) is 3.84. The Morgan fingerprint density at radius 2 is 2.00 bits per heavy atom. The maximum absolute atomic E-state index is 10.4. The molecular formula is C9H12BNO3. The second-order valence-electron chi connectivity index (χ2n) is 2.38. The van der Waals surface area contributed by atoms with Crippen LogP contribution < -0.4 is 10.3 Å². The molecule has 0 aliphatic rings. The van der Waals surface area contributed by atoms with Crippen LogP contribution in [-0.4, -0.2) is 40.4 Å². The van der Waals surface area contributed by atoms with Gasteiger partial charge in [-0.25, -0.2) is 0 Å². The quantitative estimate of drug-likeness (QED) is 0.488. The zero-order chi connectivity index (χ0) is 11.0. The molecule has 5 heteroatoms. The molecule has 0 aromatic carbocycles.